The lowest BCUT2D eigenvalue weighted by Gasteiger charge is -2.18. The normalized spacial score (nSPS) is 11.4. The summed E-state index contributed by atoms with van der Waals surface area (Å²) < 4.78 is 10.9. The molecule has 0 aromatic heterocycles. The van der Waals surface area contributed by atoms with E-state index in [1.165, 1.54) is 0 Å². The zero-order chi connectivity index (χ0) is 21.2. The summed E-state index contributed by atoms with van der Waals surface area (Å²) in [6, 6.07) is 25.6. The minimum absolute atomic E-state index is 0.106. The molecule has 0 heterocycles. The van der Waals surface area contributed by atoms with Crippen molar-refractivity contribution >= 4 is 11.9 Å². The van der Waals surface area contributed by atoms with Gasteiger partial charge in [-0.2, -0.15) is 0 Å². The molecule has 0 saturated heterocycles. The highest BCUT2D eigenvalue weighted by Crippen LogP contribution is 2.22. The van der Waals surface area contributed by atoms with Crippen molar-refractivity contribution in [2.75, 3.05) is 6.61 Å². The van der Waals surface area contributed by atoms with Crippen LogP contribution in [0.4, 0.5) is 0 Å². The standard InChI is InChI=1S/C25H25NO4/c1-2-10-23(19-11-5-3-6-12-19)26-24(27)18-29-25(28)20-13-9-16-22(17-20)30-21-14-7-4-8-15-21/h3-9,11-17,23H,2,10,18H2,1H3,(H,26,27)/t23-/m0/s1. The van der Waals surface area contributed by atoms with E-state index in [-0.39, 0.29) is 18.6 Å². The number of esters is 1. The van der Waals surface area contributed by atoms with Crippen molar-refractivity contribution in [3.05, 3.63) is 96.1 Å². The van der Waals surface area contributed by atoms with Crippen LogP contribution < -0.4 is 10.1 Å². The Bertz CT molecular complexity index is 957. The van der Waals surface area contributed by atoms with Gasteiger partial charge in [-0.1, -0.05) is 67.9 Å². The van der Waals surface area contributed by atoms with Gasteiger partial charge >= 0.3 is 5.97 Å². The number of carbonyl (C=O) groups is 2. The summed E-state index contributed by atoms with van der Waals surface area (Å²) in [5.41, 5.74) is 1.36. The molecule has 0 radical (unpaired) electrons. The van der Waals surface area contributed by atoms with Crippen LogP contribution in [-0.4, -0.2) is 18.5 Å². The average molecular weight is 403 g/mol. The fourth-order valence-corrected chi connectivity index (χ4v) is 3.06. The van der Waals surface area contributed by atoms with E-state index in [0.29, 0.717) is 17.1 Å². The number of hydrogen-bond acceptors (Lipinski definition) is 4. The van der Waals surface area contributed by atoms with Gasteiger partial charge in [0.15, 0.2) is 6.61 Å². The summed E-state index contributed by atoms with van der Waals surface area (Å²) in [6.45, 7) is 1.72. The maximum absolute atomic E-state index is 12.4. The molecule has 1 atom stereocenters. The Balaban J connectivity index is 1.55. The van der Waals surface area contributed by atoms with Gasteiger partial charge in [-0.3, -0.25) is 4.79 Å². The minimum atomic E-state index is -0.574. The molecule has 0 aliphatic carbocycles. The van der Waals surface area contributed by atoms with Crippen LogP contribution in [0.3, 0.4) is 0 Å². The van der Waals surface area contributed by atoms with Crippen molar-refractivity contribution in [2.45, 2.75) is 25.8 Å². The topological polar surface area (TPSA) is 64.6 Å². The Labute approximate surface area is 176 Å². The summed E-state index contributed by atoms with van der Waals surface area (Å²) in [7, 11) is 0. The van der Waals surface area contributed by atoms with Gasteiger partial charge in [0.05, 0.1) is 11.6 Å². The van der Waals surface area contributed by atoms with Crippen molar-refractivity contribution < 1.29 is 19.1 Å². The van der Waals surface area contributed by atoms with Gasteiger partial charge in [-0.25, -0.2) is 4.79 Å². The van der Waals surface area contributed by atoms with Crippen LogP contribution in [-0.2, 0) is 9.53 Å². The van der Waals surface area contributed by atoms with Crippen LogP contribution in [0.2, 0.25) is 0 Å². The predicted octanol–water partition coefficient (Wildman–Crippen LogP) is 5.29. The van der Waals surface area contributed by atoms with Gasteiger partial charge in [0.25, 0.3) is 5.91 Å². The van der Waals surface area contributed by atoms with Gasteiger partial charge < -0.3 is 14.8 Å². The number of rotatable bonds is 9. The summed E-state index contributed by atoms with van der Waals surface area (Å²) in [5, 5.41) is 2.94. The van der Waals surface area contributed by atoms with Crippen LogP contribution in [0.5, 0.6) is 11.5 Å². The molecule has 1 N–H and O–H groups in total. The highest BCUT2D eigenvalue weighted by molar-refractivity contribution is 5.91. The van der Waals surface area contributed by atoms with Gasteiger partial charge in [-0.05, 0) is 42.3 Å². The molecule has 0 spiro atoms. The number of hydrogen-bond donors (Lipinski definition) is 1. The molecule has 0 saturated carbocycles. The lowest BCUT2D eigenvalue weighted by molar-refractivity contribution is -0.125. The first-order valence-corrected chi connectivity index (χ1v) is 10.00. The zero-order valence-electron chi connectivity index (χ0n) is 16.9. The number of nitrogens with one attached hydrogen (secondary N) is 1. The summed E-state index contributed by atoms with van der Waals surface area (Å²) >= 11 is 0. The largest absolute Gasteiger partial charge is 0.457 e. The molecule has 3 aromatic carbocycles. The quantitative estimate of drug-likeness (QED) is 0.493. The van der Waals surface area contributed by atoms with E-state index in [4.69, 9.17) is 9.47 Å². The first-order chi connectivity index (χ1) is 14.7. The third kappa shape index (κ3) is 6.21. The van der Waals surface area contributed by atoms with E-state index in [1.54, 1.807) is 24.3 Å². The third-order valence-corrected chi connectivity index (χ3v) is 4.50. The second kappa shape index (κ2) is 10.8. The van der Waals surface area contributed by atoms with Gasteiger partial charge in [0.1, 0.15) is 11.5 Å². The van der Waals surface area contributed by atoms with E-state index in [0.717, 1.165) is 18.4 Å². The molecule has 154 valence electrons. The number of para-hydroxylation sites is 1. The van der Waals surface area contributed by atoms with Crippen molar-refractivity contribution in [3.8, 4) is 11.5 Å². The Morgan fingerprint density at radius 2 is 1.53 bits per heavy atom. The molecule has 0 fully saturated rings. The third-order valence-electron chi connectivity index (χ3n) is 4.50. The molecule has 3 rings (SSSR count). The number of ether oxygens (including phenoxy) is 2. The Morgan fingerprint density at radius 3 is 2.23 bits per heavy atom. The SMILES string of the molecule is CCC[C@H](NC(=O)COC(=O)c1cccc(Oc2ccccc2)c1)c1ccccc1. The van der Waals surface area contributed by atoms with Crippen molar-refractivity contribution in [1.82, 2.24) is 5.32 Å². The van der Waals surface area contributed by atoms with E-state index in [9.17, 15) is 9.59 Å². The summed E-state index contributed by atoms with van der Waals surface area (Å²) in [6.07, 6.45) is 1.73. The summed E-state index contributed by atoms with van der Waals surface area (Å²) in [4.78, 5) is 24.7. The highest BCUT2D eigenvalue weighted by Gasteiger charge is 2.16. The van der Waals surface area contributed by atoms with Gasteiger partial charge in [0.2, 0.25) is 0 Å². The lowest BCUT2D eigenvalue weighted by atomic mass is 10.0. The van der Waals surface area contributed by atoms with E-state index in [2.05, 4.69) is 12.2 Å². The van der Waals surface area contributed by atoms with Crippen LogP contribution >= 0.6 is 0 Å². The number of benzene rings is 3. The van der Waals surface area contributed by atoms with Crippen LogP contribution in [0.15, 0.2) is 84.9 Å². The first kappa shape index (κ1) is 21.1. The van der Waals surface area contributed by atoms with E-state index in [1.807, 2.05) is 60.7 Å². The molecule has 0 aliphatic heterocycles. The maximum Gasteiger partial charge on any atom is 0.338 e. The molecule has 3 aromatic rings. The van der Waals surface area contributed by atoms with Crippen molar-refractivity contribution in [1.29, 1.82) is 0 Å². The average Bonchev–Trinajstić information content (AvgIpc) is 2.78. The monoisotopic (exact) mass is 403 g/mol. The van der Waals surface area contributed by atoms with Crippen molar-refractivity contribution in [3.63, 3.8) is 0 Å². The Morgan fingerprint density at radius 1 is 0.867 bits per heavy atom. The molecule has 0 bridgehead atoms. The maximum atomic E-state index is 12.4. The van der Waals surface area contributed by atoms with Crippen LogP contribution in [0.1, 0.15) is 41.7 Å². The minimum Gasteiger partial charge on any atom is -0.457 e. The number of carbonyl (C=O) groups excluding carboxylic acids is 2. The molecule has 5 nitrogen and oxygen atoms in total. The Hall–Kier alpha value is -3.60. The number of amides is 1. The second-order valence-electron chi connectivity index (χ2n) is 6.84. The molecule has 5 heteroatoms. The van der Waals surface area contributed by atoms with E-state index < -0.39 is 5.97 Å². The second-order valence-corrected chi connectivity index (χ2v) is 6.84. The molecule has 0 unspecified atom stereocenters. The fourth-order valence-electron chi connectivity index (χ4n) is 3.06. The van der Waals surface area contributed by atoms with Crippen LogP contribution in [0, 0.1) is 0 Å². The van der Waals surface area contributed by atoms with Crippen LogP contribution in [0.25, 0.3) is 0 Å². The zero-order valence-corrected chi connectivity index (χ0v) is 16.9. The molecular formula is C25H25NO4. The smallest absolute Gasteiger partial charge is 0.338 e. The van der Waals surface area contributed by atoms with Gasteiger partial charge in [-0.15, -0.1) is 0 Å². The van der Waals surface area contributed by atoms with E-state index >= 15 is 0 Å². The Kier molecular flexibility index (Phi) is 7.61. The summed E-state index contributed by atoms with van der Waals surface area (Å²) in [5.74, 6) is 0.287. The molecule has 30 heavy (non-hydrogen) atoms. The van der Waals surface area contributed by atoms with Gasteiger partial charge in [0, 0.05) is 0 Å². The first-order valence-electron chi connectivity index (χ1n) is 10.00. The lowest BCUT2D eigenvalue weighted by Crippen LogP contribution is -2.32. The molecule has 1 amide bonds. The van der Waals surface area contributed by atoms with Crippen molar-refractivity contribution in [2.24, 2.45) is 0 Å². The highest BCUT2D eigenvalue weighted by atomic mass is 16.5. The molecule has 0 aliphatic rings. The fraction of sp³-hybridized carbons (Fsp3) is 0.200. The molecular weight excluding hydrogens is 378 g/mol. The predicted molar refractivity (Wildman–Crippen MR) is 115 cm³/mol.